The third kappa shape index (κ3) is 11.1. The molecule has 0 aliphatic heterocycles. The van der Waals surface area contributed by atoms with Gasteiger partial charge in [0.2, 0.25) is 0 Å². The van der Waals surface area contributed by atoms with Gasteiger partial charge in [-0.1, -0.05) is 64.2 Å². The summed E-state index contributed by atoms with van der Waals surface area (Å²) in [7, 11) is 0. The summed E-state index contributed by atoms with van der Waals surface area (Å²) in [5, 5.41) is 0. The highest BCUT2D eigenvalue weighted by Crippen LogP contribution is 2.28. The molecule has 0 aromatic heterocycles. The van der Waals surface area contributed by atoms with Crippen LogP contribution in [0.4, 0.5) is 0 Å². The van der Waals surface area contributed by atoms with Crippen molar-refractivity contribution in [2.45, 2.75) is 116 Å². The normalized spacial score (nSPS) is 18.7. The number of hydrogen-bond acceptors (Lipinski definition) is 4. The van der Waals surface area contributed by atoms with Gasteiger partial charge in [-0.15, -0.1) is 0 Å². The first-order valence-corrected chi connectivity index (χ1v) is 12.1. The summed E-state index contributed by atoms with van der Waals surface area (Å²) in [6.07, 6.45) is 20.3. The van der Waals surface area contributed by atoms with Crippen molar-refractivity contribution in [1.29, 1.82) is 0 Å². The molecule has 2 rings (SSSR count). The zero-order valence-corrected chi connectivity index (χ0v) is 17.9. The summed E-state index contributed by atoms with van der Waals surface area (Å²) in [5.74, 6) is 1.45. The van der Waals surface area contributed by atoms with Crippen LogP contribution >= 0.6 is 0 Å². The van der Waals surface area contributed by atoms with Crippen LogP contribution in [0.25, 0.3) is 0 Å². The molecule has 0 atom stereocenters. The van der Waals surface area contributed by atoms with Gasteiger partial charge >= 0.3 is 11.9 Å². The Morgan fingerprint density at radius 1 is 0.571 bits per heavy atom. The lowest BCUT2D eigenvalue weighted by Crippen LogP contribution is -2.11. The summed E-state index contributed by atoms with van der Waals surface area (Å²) in [6.45, 7) is 1.11. The highest BCUT2D eigenvalue weighted by atomic mass is 16.5. The minimum atomic E-state index is -0.121. The van der Waals surface area contributed by atoms with Crippen LogP contribution in [-0.2, 0) is 19.1 Å². The van der Waals surface area contributed by atoms with E-state index in [1.807, 2.05) is 0 Å². The molecule has 0 heterocycles. The van der Waals surface area contributed by atoms with Crippen LogP contribution < -0.4 is 0 Å². The maximum absolute atomic E-state index is 11.8. The Kier molecular flexibility index (Phi) is 12.3. The molecule has 2 fully saturated rings. The molecule has 0 amide bonds. The molecule has 4 heteroatoms. The minimum absolute atomic E-state index is 0.121. The molecule has 4 nitrogen and oxygen atoms in total. The van der Waals surface area contributed by atoms with E-state index in [1.165, 1.54) is 77.0 Å². The first-order chi connectivity index (χ1) is 13.7. The zero-order valence-electron chi connectivity index (χ0n) is 17.9. The fraction of sp³-hybridized carbons (Fsp3) is 0.917. The number of ether oxygens (including phenoxy) is 2. The van der Waals surface area contributed by atoms with Crippen molar-refractivity contribution in [3.05, 3.63) is 0 Å². The molecule has 0 spiro atoms. The van der Waals surface area contributed by atoms with E-state index in [9.17, 15) is 9.59 Å². The largest absolute Gasteiger partial charge is 0.466 e. The van der Waals surface area contributed by atoms with Crippen molar-refractivity contribution in [1.82, 2.24) is 0 Å². The van der Waals surface area contributed by atoms with Gasteiger partial charge in [0.05, 0.1) is 13.2 Å². The highest BCUT2D eigenvalue weighted by Gasteiger charge is 2.14. The molecular weight excluding hydrogens is 352 g/mol. The number of rotatable bonds is 13. The number of esters is 2. The van der Waals surface area contributed by atoms with Crippen molar-refractivity contribution in [2.75, 3.05) is 13.2 Å². The van der Waals surface area contributed by atoms with Gasteiger partial charge in [-0.25, -0.2) is 0 Å². The Morgan fingerprint density at radius 3 is 1.36 bits per heavy atom. The Morgan fingerprint density at radius 2 is 0.964 bits per heavy atom. The molecule has 2 saturated carbocycles. The summed E-state index contributed by atoms with van der Waals surface area (Å²) in [4.78, 5) is 23.5. The molecule has 0 unspecified atom stereocenters. The lowest BCUT2D eigenvalue weighted by atomic mass is 9.86. The van der Waals surface area contributed by atoms with E-state index in [0.717, 1.165) is 24.7 Å². The van der Waals surface area contributed by atoms with Crippen molar-refractivity contribution in [2.24, 2.45) is 11.8 Å². The Balaban J connectivity index is 1.35. The predicted octanol–water partition coefficient (Wildman–Crippen LogP) is 6.35. The number of hydrogen-bond donors (Lipinski definition) is 0. The molecular formula is C24H42O4. The van der Waals surface area contributed by atoms with Crippen LogP contribution in [0.15, 0.2) is 0 Å². The minimum Gasteiger partial charge on any atom is -0.466 e. The van der Waals surface area contributed by atoms with Gasteiger partial charge in [-0.2, -0.15) is 0 Å². The number of carbonyl (C=O) groups excluding carboxylic acids is 2. The summed E-state index contributed by atoms with van der Waals surface area (Å²) in [6, 6.07) is 0. The van der Waals surface area contributed by atoms with E-state index < -0.39 is 0 Å². The molecule has 28 heavy (non-hydrogen) atoms. The Labute approximate surface area is 172 Å². The molecule has 0 aromatic rings. The van der Waals surface area contributed by atoms with E-state index >= 15 is 0 Å². The maximum atomic E-state index is 11.8. The van der Waals surface area contributed by atoms with E-state index in [4.69, 9.17) is 9.47 Å². The van der Waals surface area contributed by atoms with Crippen LogP contribution in [0.3, 0.4) is 0 Å². The van der Waals surface area contributed by atoms with E-state index in [1.54, 1.807) is 0 Å². The second-order valence-corrected chi connectivity index (χ2v) is 8.94. The SMILES string of the molecule is O=C(CCCCC(=O)OCCCC1CCCCC1)OCCCC1CCCCC1. The Bertz CT molecular complexity index is 382. The van der Waals surface area contributed by atoms with Crippen molar-refractivity contribution in [3.8, 4) is 0 Å². The second-order valence-electron chi connectivity index (χ2n) is 8.94. The topological polar surface area (TPSA) is 52.6 Å². The van der Waals surface area contributed by atoms with Crippen LogP contribution in [-0.4, -0.2) is 25.2 Å². The molecule has 0 saturated heterocycles. The smallest absolute Gasteiger partial charge is 0.305 e. The maximum Gasteiger partial charge on any atom is 0.305 e. The standard InChI is InChI=1S/C24H42O4/c25-23(27-19-9-15-21-11-3-1-4-12-21)17-7-8-18-24(26)28-20-10-16-22-13-5-2-6-14-22/h21-22H,1-20H2. The predicted molar refractivity (Wildman–Crippen MR) is 112 cm³/mol. The van der Waals surface area contributed by atoms with Gasteiger partial charge in [0.15, 0.2) is 0 Å². The first-order valence-electron chi connectivity index (χ1n) is 12.1. The first kappa shape index (κ1) is 23.2. The zero-order chi connectivity index (χ0) is 19.9. The van der Waals surface area contributed by atoms with Gasteiger partial charge in [-0.3, -0.25) is 9.59 Å². The lowest BCUT2D eigenvalue weighted by Gasteiger charge is -2.21. The van der Waals surface area contributed by atoms with Crippen LogP contribution in [0.2, 0.25) is 0 Å². The molecule has 162 valence electrons. The van der Waals surface area contributed by atoms with Crippen molar-refractivity contribution in [3.63, 3.8) is 0 Å². The van der Waals surface area contributed by atoms with Crippen LogP contribution in [0.1, 0.15) is 116 Å². The third-order valence-electron chi connectivity index (χ3n) is 6.50. The van der Waals surface area contributed by atoms with Crippen molar-refractivity contribution >= 4 is 11.9 Å². The van der Waals surface area contributed by atoms with Crippen LogP contribution in [0, 0.1) is 11.8 Å². The highest BCUT2D eigenvalue weighted by molar-refractivity contribution is 5.70. The van der Waals surface area contributed by atoms with Gasteiger partial charge in [-0.05, 0) is 50.4 Å². The Hall–Kier alpha value is -1.06. The van der Waals surface area contributed by atoms with Crippen LogP contribution in [0.5, 0.6) is 0 Å². The molecule has 2 aliphatic carbocycles. The number of unbranched alkanes of at least 4 members (excludes halogenated alkanes) is 1. The van der Waals surface area contributed by atoms with Gasteiger partial charge in [0.25, 0.3) is 0 Å². The fourth-order valence-electron chi connectivity index (χ4n) is 4.75. The summed E-state index contributed by atoms with van der Waals surface area (Å²) < 4.78 is 10.6. The molecule has 0 bridgehead atoms. The molecule has 0 aromatic carbocycles. The fourth-order valence-corrected chi connectivity index (χ4v) is 4.75. The third-order valence-corrected chi connectivity index (χ3v) is 6.50. The summed E-state index contributed by atoms with van der Waals surface area (Å²) >= 11 is 0. The van der Waals surface area contributed by atoms with E-state index in [-0.39, 0.29) is 11.9 Å². The van der Waals surface area contributed by atoms with E-state index in [2.05, 4.69) is 0 Å². The average Bonchev–Trinajstić information content (AvgIpc) is 2.73. The lowest BCUT2D eigenvalue weighted by molar-refractivity contribution is -0.146. The molecule has 2 aliphatic rings. The monoisotopic (exact) mass is 394 g/mol. The van der Waals surface area contributed by atoms with E-state index in [0.29, 0.717) is 38.9 Å². The average molecular weight is 395 g/mol. The molecule has 0 N–H and O–H groups in total. The second kappa shape index (κ2) is 14.9. The quantitative estimate of drug-likeness (QED) is 0.270. The van der Waals surface area contributed by atoms with Gasteiger partial charge in [0.1, 0.15) is 0 Å². The van der Waals surface area contributed by atoms with Gasteiger partial charge < -0.3 is 9.47 Å². The number of carbonyl (C=O) groups is 2. The van der Waals surface area contributed by atoms with Gasteiger partial charge in [0, 0.05) is 12.8 Å². The molecule has 0 radical (unpaired) electrons. The van der Waals surface area contributed by atoms with Crippen molar-refractivity contribution < 1.29 is 19.1 Å². The summed E-state index contributed by atoms with van der Waals surface area (Å²) in [5.41, 5.74) is 0.